The van der Waals surface area contributed by atoms with E-state index in [0.29, 0.717) is 6.61 Å². The summed E-state index contributed by atoms with van der Waals surface area (Å²) in [4.78, 5) is 0. The molecule has 1 aliphatic heterocycles. The number of unbranched alkanes of at least 4 members (excludes halogenated alkanes) is 4. The van der Waals surface area contributed by atoms with Crippen LogP contribution in [-0.2, 0) is 9.47 Å². The second-order valence-corrected chi connectivity index (χ2v) is 5.56. The third kappa shape index (κ3) is 6.89. The molecule has 0 saturated carbocycles. The smallest absolute Gasteiger partial charge is 0.114 e. The number of hydrogen-bond donors (Lipinski definition) is 3. The monoisotopic (exact) mass is 302 g/mol. The van der Waals surface area contributed by atoms with Crippen LogP contribution < -0.4 is 0 Å². The van der Waals surface area contributed by atoms with Gasteiger partial charge in [0, 0.05) is 0 Å². The zero-order valence-electron chi connectivity index (χ0n) is 13.0. The van der Waals surface area contributed by atoms with Crippen LogP contribution in [0.4, 0.5) is 0 Å². The molecule has 1 rings (SSSR count). The zero-order chi connectivity index (χ0) is 15.5. The lowest BCUT2D eigenvalue weighted by atomic mass is 10.1. The summed E-state index contributed by atoms with van der Waals surface area (Å²) in [5.74, 6) is 0. The Bertz CT molecular complexity index is 282. The Kier molecular flexibility index (Phi) is 9.87. The van der Waals surface area contributed by atoms with Crippen molar-refractivity contribution in [3.63, 3.8) is 0 Å². The minimum atomic E-state index is -1.01. The van der Waals surface area contributed by atoms with Crippen LogP contribution in [0.25, 0.3) is 0 Å². The van der Waals surface area contributed by atoms with Crippen molar-refractivity contribution in [1.82, 2.24) is 0 Å². The minimum absolute atomic E-state index is 0.139. The molecule has 0 aromatic carbocycles. The van der Waals surface area contributed by atoms with Crippen molar-refractivity contribution in [2.24, 2.45) is 0 Å². The summed E-state index contributed by atoms with van der Waals surface area (Å²) in [5, 5.41) is 28.3. The van der Waals surface area contributed by atoms with Gasteiger partial charge in [0.1, 0.15) is 24.4 Å². The second kappa shape index (κ2) is 11.2. The van der Waals surface area contributed by atoms with Gasteiger partial charge >= 0.3 is 0 Å². The van der Waals surface area contributed by atoms with Gasteiger partial charge in [0.05, 0.1) is 19.8 Å². The Morgan fingerprint density at radius 1 is 1.24 bits per heavy atom. The number of hydrogen-bond acceptors (Lipinski definition) is 5. The van der Waals surface area contributed by atoms with E-state index in [4.69, 9.17) is 14.6 Å². The number of allylic oxidation sites excluding steroid dienone is 1. The Labute approximate surface area is 127 Å². The molecule has 5 nitrogen and oxygen atoms in total. The zero-order valence-corrected chi connectivity index (χ0v) is 13.0. The van der Waals surface area contributed by atoms with E-state index in [2.05, 4.69) is 19.1 Å². The molecule has 0 aromatic heterocycles. The van der Waals surface area contributed by atoms with Gasteiger partial charge in [-0.05, 0) is 19.3 Å². The molecule has 1 aliphatic rings. The molecule has 21 heavy (non-hydrogen) atoms. The van der Waals surface area contributed by atoms with Crippen LogP contribution in [0.5, 0.6) is 0 Å². The van der Waals surface area contributed by atoms with E-state index in [9.17, 15) is 10.2 Å². The van der Waals surface area contributed by atoms with Gasteiger partial charge in [0.25, 0.3) is 0 Å². The van der Waals surface area contributed by atoms with Gasteiger partial charge in [-0.25, -0.2) is 0 Å². The van der Waals surface area contributed by atoms with Crippen LogP contribution >= 0.6 is 0 Å². The molecule has 0 amide bonds. The van der Waals surface area contributed by atoms with Gasteiger partial charge in [-0.15, -0.1) is 0 Å². The van der Waals surface area contributed by atoms with Crippen molar-refractivity contribution in [3.05, 3.63) is 12.2 Å². The highest BCUT2D eigenvalue weighted by atomic mass is 16.6. The maximum atomic E-state index is 9.77. The normalized spacial score (nSPS) is 27.5. The average molecular weight is 302 g/mol. The highest BCUT2D eigenvalue weighted by Crippen LogP contribution is 2.21. The van der Waals surface area contributed by atoms with Crippen LogP contribution in [0.2, 0.25) is 0 Å². The molecule has 0 aromatic rings. The molecular weight excluding hydrogens is 272 g/mol. The summed E-state index contributed by atoms with van der Waals surface area (Å²) in [5.41, 5.74) is 0. The standard InChI is InChI=1S/C16H30O5/c1-2-3-4-5-6-7-8-9-10-20-16-14(19)12-21-15(16)13(18)11-17/h7-8,13-19H,2-6,9-12H2,1H3/b8-7+/t13-,14+,15+,16+/m1/s1. The van der Waals surface area contributed by atoms with Crippen LogP contribution in [0, 0.1) is 0 Å². The predicted octanol–water partition coefficient (Wildman–Crippen LogP) is 1.40. The van der Waals surface area contributed by atoms with Crippen molar-refractivity contribution in [1.29, 1.82) is 0 Å². The molecule has 1 heterocycles. The van der Waals surface area contributed by atoms with Crippen molar-refractivity contribution in [3.8, 4) is 0 Å². The van der Waals surface area contributed by atoms with E-state index in [1.807, 2.05) is 0 Å². The van der Waals surface area contributed by atoms with Gasteiger partial charge in [0.2, 0.25) is 0 Å². The molecule has 124 valence electrons. The first kappa shape index (κ1) is 18.6. The molecule has 0 bridgehead atoms. The van der Waals surface area contributed by atoms with Crippen molar-refractivity contribution < 1.29 is 24.8 Å². The Morgan fingerprint density at radius 2 is 2.00 bits per heavy atom. The summed E-state index contributed by atoms with van der Waals surface area (Å²) < 4.78 is 10.9. The summed E-state index contributed by atoms with van der Waals surface area (Å²) in [6, 6.07) is 0. The largest absolute Gasteiger partial charge is 0.394 e. The maximum absolute atomic E-state index is 9.77. The summed E-state index contributed by atoms with van der Waals surface area (Å²) in [6.07, 6.45) is 8.22. The first-order chi connectivity index (χ1) is 10.2. The molecule has 1 saturated heterocycles. The predicted molar refractivity (Wildman–Crippen MR) is 81.1 cm³/mol. The molecule has 0 aliphatic carbocycles. The van der Waals surface area contributed by atoms with Crippen molar-refractivity contribution in [2.45, 2.75) is 69.9 Å². The van der Waals surface area contributed by atoms with Gasteiger partial charge < -0.3 is 24.8 Å². The Balaban J connectivity index is 2.14. The fourth-order valence-electron chi connectivity index (χ4n) is 2.45. The van der Waals surface area contributed by atoms with Gasteiger partial charge in [0.15, 0.2) is 0 Å². The Morgan fingerprint density at radius 3 is 2.71 bits per heavy atom. The number of aliphatic hydroxyl groups excluding tert-OH is 3. The lowest BCUT2D eigenvalue weighted by molar-refractivity contribution is -0.0924. The van der Waals surface area contributed by atoms with E-state index in [0.717, 1.165) is 12.8 Å². The molecule has 4 atom stereocenters. The summed E-state index contributed by atoms with van der Waals surface area (Å²) in [6.45, 7) is 2.43. The average Bonchev–Trinajstić information content (AvgIpc) is 2.86. The van der Waals surface area contributed by atoms with Crippen LogP contribution in [-0.4, -0.2) is 59.6 Å². The van der Waals surface area contributed by atoms with E-state index in [1.54, 1.807) is 0 Å². The quantitative estimate of drug-likeness (QED) is 0.397. The first-order valence-corrected chi connectivity index (χ1v) is 8.05. The van der Waals surface area contributed by atoms with Gasteiger partial charge in [-0.3, -0.25) is 0 Å². The molecule has 0 spiro atoms. The lowest BCUT2D eigenvalue weighted by Crippen LogP contribution is -2.42. The van der Waals surface area contributed by atoms with Crippen molar-refractivity contribution >= 4 is 0 Å². The maximum Gasteiger partial charge on any atom is 0.114 e. The van der Waals surface area contributed by atoms with Crippen LogP contribution in [0.3, 0.4) is 0 Å². The molecule has 5 heteroatoms. The molecule has 0 unspecified atom stereocenters. The van der Waals surface area contributed by atoms with Crippen LogP contribution in [0.1, 0.15) is 45.4 Å². The molecule has 3 N–H and O–H groups in total. The lowest BCUT2D eigenvalue weighted by Gasteiger charge is -2.23. The van der Waals surface area contributed by atoms with Crippen molar-refractivity contribution in [2.75, 3.05) is 19.8 Å². The highest BCUT2D eigenvalue weighted by Gasteiger charge is 2.40. The van der Waals surface area contributed by atoms with E-state index in [1.165, 1.54) is 25.7 Å². The summed E-state index contributed by atoms with van der Waals surface area (Å²) >= 11 is 0. The number of rotatable bonds is 11. The molecule has 1 fully saturated rings. The minimum Gasteiger partial charge on any atom is -0.394 e. The van der Waals surface area contributed by atoms with Crippen LogP contribution in [0.15, 0.2) is 12.2 Å². The third-order valence-electron chi connectivity index (χ3n) is 3.71. The number of ether oxygens (including phenoxy) is 2. The third-order valence-corrected chi connectivity index (χ3v) is 3.71. The fourth-order valence-corrected chi connectivity index (χ4v) is 2.45. The first-order valence-electron chi connectivity index (χ1n) is 8.05. The summed E-state index contributed by atoms with van der Waals surface area (Å²) in [7, 11) is 0. The van der Waals surface area contributed by atoms with E-state index >= 15 is 0 Å². The molecular formula is C16H30O5. The molecule has 0 radical (unpaired) electrons. The Hall–Kier alpha value is -0.460. The van der Waals surface area contributed by atoms with Gasteiger partial charge in [-0.1, -0.05) is 38.3 Å². The highest BCUT2D eigenvalue weighted by molar-refractivity contribution is 4.89. The second-order valence-electron chi connectivity index (χ2n) is 5.56. The fraction of sp³-hybridized carbons (Fsp3) is 0.875. The van der Waals surface area contributed by atoms with E-state index in [-0.39, 0.29) is 6.61 Å². The SMILES string of the molecule is CCCCCC/C=C/CCO[C@@H]1[C@H]([C@H](O)CO)OC[C@@H]1O. The van der Waals surface area contributed by atoms with E-state index < -0.39 is 31.0 Å². The van der Waals surface area contributed by atoms with Gasteiger partial charge in [-0.2, -0.15) is 0 Å². The number of aliphatic hydroxyl groups is 3. The topological polar surface area (TPSA) is 79.2 Å².